The molecule has 88 valence electrons. The van der Waals surface area contributed by atoms with E-state index >= 15 is 0 Å². The molecule has 1 aliphatic rings. The van der Waals surface area contributed by atoms with Gasteiger partial charge in [0.15, 0.2) is 0 Å². The molecule has 0 saturated carbocycles. The largest absolute Gasteiger partial charge is 0.354 e. The number of hydrogen-bond donors (Lipinski definition) is 2. The molecule has 1 fully saturated rings. The number of likely N-dealkylation sites (N-methyl/N-ethyl adjacent to an activating group) is 1. The minimum absolute atomic E-state index is 0.112. The SMILES string of the molecule is CCNC(C)(C)C(=O)NCC1CCSC1. The van der Waals surface area contributed by atoms with E-state index in [4.69, 9.17) is 0 Å². The summed E-state index contributed by atoms with van der Waals surface area (Å²) >= 11 is 1.98. The van der Waals surface area contributed by atoms with E-state index in [1.165, 1.54) is 17.9 Å². The lowest BCUT2D eigenvalue weighted by atomic mass is 10.0. The summed E-state index contributed by atoms with van der Waals surface area (Å²) in [5.74, 6) is 3.23. The van der Waals surface area contributed by atoms with Gasteiger partial charge in [0.05, 0.1) is 5.54 Å². The summed E-state index contributed by atoms with van der Waals surface area (Å²) < 4.78 is 0. The van der Waals surface area contributed by atoms with Gasteiger partial charge in [-0.3, -0.25) is 4.79 Å². The molecule has 0 aromatic heterocycles. The minimum Gasteiger partial charge on any atom is -0.354 e. The second-order valence-electron chi connectivity index (χ2n) is 4.59. The van der Waals surface area contributed by atoms with Crippen molar-refractivity contribution in [3.63, 3.8) is 0 Å². The van der Waals surface area contributed by atoms with Gasteiger partial charge < -0.3 is 10.6 Å². The van der Waals surface area contributed by atoms with Crippen molar-refractivity contribution < 1.29 is 4.79 Å². The number of carbonyl (C=O) groups is 1. The van der Waals surface area contributed by atoms with Gasteiger partial charge in [-0.05, 0) is 44.2 Å². The molecule has 1 unspecified atom stereocenters. The molecule has 3 nitrogen and oxygen atoms in total. The Hall–Kier alpha value is -0.220. The number of rotatable bonds is 5. The molecule has 0 aromatic carbocycles. The molecule has 15 heavy (non-hydrogen) atoms. The molecular weight excluding hydrogens is 208 g/mol. The number of hydrogen-bond acceptors (Lipinski definition) is 3. The van der Waals surface area contributed by atoms with Gasteiger partial charge in [0.2, 0.25) is 5.91 Å². The van der Waals surface area contributed by atoms with Crippen LogP contribution in [0.3, 0.4) is 0 Å². The average molecular weight is 230 g/mol. The zero-order chi connectivity index (χ0) is 11.3. The highest BCUT2D eigenvalue weighted by molar-refractivity contribution is 7.99. The average Bonchev–Trinajstić information content (AvgIpc) is 2.66. The van der Waals surface area contributed by atoms with Gasteiger partial charge in [0.1, 0.15) is 0 Å². The molecule has 0 aromatic rings. The Balaban J connectivity index is 2.27. The smallest absolute Gasteiger partial charge is 0.239 e. The maximum atomic E-state index is 11.8. The summed E-state index contributed by atoms with van der Waals surface area (Å²) in [5, 5.41) is 6.21. The predicted octanol–water partition coefficient (Wildman–Crippen LogP) is 1.24. The van der Waals surface area contributed by atoms with Gasteiger partial charge >= 0.3 is 0 Å². The lowest BCUT2D eigenvalue weighted by Gasteiger charge is -2.25. The Morgan fingerprint density at radius 2 is 2.27 bits per heavy atom. The molecule has 1 rings (SSSR count). The summed E-state index contributed by atoms with van der Waals surface area (Å²) in [6.45, 7) is 7.52. The maximum Gasteiger partial charge on any atom is 0.239 e. The lowest BCUT2D eigenvalue weighted by Crippen LogP contribution is -2.53. The summed E-state index contributed by atoms with van der Waals surface area (Å²) in [7, 11) is 0. The first kappa shape index (κ1) is 12.8. The number of carbonyl (C=O) groups excluding carboxylic acids is 1. The molecular formula is C11H22N2OS. The van der Waals surface area contributed by atoms with Crippen molar-refractivity contribution in [2.45, 2.75) is 32.7 Å². The number of amides is 1. The zero-order valence-electron chi connectivity index (χ0n) is 9.93. The highest BCUT2D eigenvalue weighted by atomic mass is 32.2. The Morgan fingerprint density at radius 3 is 2.80 bits per heavy atom. The van der Waals surface area contributed by atoms with Gasteiger partial charge in [-0.25, -0.2) is 0 Å². The topological polar surface area (TPSA) is 41.1 Å². The van der Waals surface area contributed by atoms with Crippen molar-refractivity contribution in [3.8, 4) is 0 Å². The Kier molecular flexibility index (Phi) is 4.93. The van der Waals surface area contributed by atoms with Crippen LogP contribution in [0.15, 0.2) is 0 Å². The first-order valence-electron chi connectivity index (χ1n) is 5.67. The van der Waals surface area contributed by atoms with Gasteiger partial charge in [0, 0.05) is 6.54 Å². The van der Waals surface area contributed by atoms with Crippen LogP contribution < -0.4 is 10.6 Å². The van der Waals surface area contributed by atoms with Gasteiger partial charge in [-0.1, -0.05) is 6.92 Å². The third-order valence-electron chi connectivity index (χ3n) is 2.76. The van der Waals surface area contributed by atoms with Crippen molar-refractivity contribution in [1.29, 1.82) is 0 Å². The van der Waals surface area contributed by atoms with E-state index in [9.17, 15) is 4.79 Å². The monoisotopic (exact) mass is 230 g/mol. The van der Waals surface area contributed by atoms with E-state index < -0.39 is 5.54 Å². The minimum atomic E-state index is -0.444. The fraction of sp³-hybridized carbons (Fsp3) is 0.909. The van der Waals surface area contributed by atoms with Gasteiger partial charge in [-0.15, -0.1) is 0 Å². The van der Waals surface area contributed by atoms with E-state index in [0.717, 1.165) is 13.1 Å². The lowest BCUT2D eigenvalue weighted by molar-refractivity contribution is -0.126. The van der Waals surface area contributed by atoms with Crippen molar-refractivity contribution in [1.82, 2.24) is 10.6 Å². The van der Waals surface area contributed by atoms with Crippen LogP contribution in [0.4, 0.5) is 0 Å². The molecule has 0 aliphatic carbocycles. The molecule has 1 heterocycles. The van der Waals surface area contributed by atoms with E-state index in [0.29, 0.717) is 5.92 Å². The van der Waals surface area contributed by atoms with E-state index in [2.05, 4.69) is 10.6 Å². The van der Waals surface area contributed by atoms with Crippen LogP contribution in [0.2, 0.25) is 0 Å². The molecule has 0 spiro atoms. The fourth-order valence-electron chi connectivity index (χ4n) is 1.72. The predicted molar refractivity (Wildman–Crippen MR) is 66.2 cm³/mol. The van der Waals surface area contributed by atoms with Crippen LogP contribution in [0.5, 0.6) is 0 Å². The van der Waals surface area contributed by atoms with Crippen molar-refractivity contribution in [2.75, 3.05) is 24.6 Å². The third-order valence-corrected chi connectivity index (χ3v) is 3.99. The molecule has 1 saturated heterocycles. The second kappa shape index (κ2) is 5.75. The van der Waals surface area contributed by atoms with Crippen LogP contribution in [0, 0.1) is 5.92 Å². The number of nitrogens with one attached hydrogen (secondary N) is 2. The first-order chi connectivity index (χ1) is 7.06. The van der Waals surface area contributed by atoms with Crippen LogP contribution in [-0.2, 0) is 4.79 Å². The molecule has 1 aliphatic heterocycles. The van der Waals surface area contributed by atoms with Crippen molar-refractivity contribution >= 4 is 17.7 Å². The Labute approximate surface area is 96.8 Å². The van der Waals surface area contributed by atoms with Crippen LogP contribution in [0.1, 0.15) is 27.2 Å². The van der Waals surface area contributed by atoms with Crippen molar-refractivity contribution in [2.24, 2.45) is 5.92 Å². The Bertz CT molecular complexity index is 213. The highest BCUT2D eigenvalue weighted by Crippen LogP contribution is 2.22. The quantitative estimate of drug-likeness (QED) is 0.747. The second-order valence-corrected chi connectivity index (χ2v) is 5.74. The molecule has 0 radical (unpaired) electrons. The molecule has 2 N–H and O–H groups in total. The Morgan fingerprint density at radius 1 is 1.53 bits per heavy atom. The van der Waals surface area contributed by atoms with E-state index in [-0.39, 0.29) is 5.91 Å². The summed E-state index contributed by atoms with van der Waals surface area (Å²) in [4.78, 5) is 11.8. The number of thioether (sulfide) groups is 1. The van der Waals surface area contributed by atoms with E-state index in [1.54, 1.807) is 0 Å². The molecule has 1 atom stereocenters. The normalized spacial score (nSPS) is 21.7. The molecule has 0 bridgehead atoms. The van der Waals surface area contributed by atoms with Crippen LogP contribution >= 0.6 is 11.8 Å². The highest BCUT2D eigenvalue weighted by Gasteiger charge is 2.26. The fourth-order valence-corrected chi connectivity index (χ4v) is 3.01. The van der Waals surface area contributed by atoms with Crippen molar-refractivity contribution in [3.05, 3.63) is 0 Å². The third kappa shape index (κ3) is 4.03. The summed E-state index contributed by atoms with van der Waals surface area (Å²) in [6, 6.07) is 0. The standard InChI is InChI=1S/C11H22N2OS/c1-4-13-11(2,3)10(14)12-7-9-5-6-15-8-9/h9,13H,4-8H2,1-3H3,(H,12,14). The zero-order valence-corrected chi connectivity index (χ0v) is 10.7. The summed E-state index contributed by atoms with van der Waals surface area (Å²) in [5.41, 5.74) is -0.444. The van der Waals surface area contributed by atoms with Gasteiger partial charge in [-0.2, -0.15) is 11.8 Å². The van der Waals surface area contributed by atoms with Crippen LogP contribution in [0.25, 0.3) is 0 Å². The summed E-state index contributed by atoms with van der Waals surface area (Å²) in [6.07, 6.45) is 1.24. The molecule has 4 heteroatoms. The van der Waals surface area contributed by atoms with Gasteiger partial charge in [0.25, 0.3) is 0 Å². The molecule has 1 amide bonds. The first-order valence-corrected chi connectivity index (χ1v) is 6.83. The van der Waals surface area contributed by atoms with Crippen LogP contribution in [-0.4, -0.2) is 36.0 Å². The maximum absolute atomic E-state index is 11.8. The van der Waals surface area contributed by atoms with E-state index in [1.807, 2.05) is 32.5 Å².